The molecular formula is C12H15F2N3O2S. The molecule has 0 bridgehead atoms. The average Bonchev–Trinajstić information content (AvgIpc) is 2.38. The highest BCUT2D eigenvalue weighted by molar-refractivity contribution is 7.86. The second kappa shape index (κ2) is 6.74. The van der Waals surface area contributed by atoms with Crippen molar-refractivity contribution < 1.29 is 17.2 Å². The average molecular weight is 303 g/mol. The minimum Gasteiger partial charge on any atom is -0.205 e. The zero-order valence-corrected chi connectivity index (χ0v) is 11.9. The van der Waals surface area contributed by atoms with Crippen molar-refractivity contribution in [2.75, 3.05) is 20.6 Å². The third-order valence-electron chi connectivity index (χ3n) is 2.63. The largest absolute Gasteiger partial charge is 0.282 e. The van der Waals surface area contributed by atoms with E-state index in [4.69, 9.17) is 5.26 Å². The van der Waals surface area contributed by atoms with Crippen LogP contribution in [0.25, 0.3) is 0 Å². The molecule has 0 aliphatic heterocycles. The van der Waals surface area contributed by atoms with E-state index >= 15 is 0 Å². The molecular weight excluding hydrogens is 288 g/mol. The summed E-state index contributed by atoms with van der Waals surface area (Å²) in [6, 6.07) is 7.12. The molecule has 0 aliphatic rings. The summed E-state index contributed by atoms with van der Waals surface area (Å²) >= 11 is 0. The third-order valence-corrected chi connectivity index (χ3v) is 4.46. The molecule has 20 heavy (non-hydrogen) atoms. The highest BCUT2D eigenvalue weighted by Gasteiger charge is 2.24. The first-order valence-electron chi connectivity index (χ1n) is 5.70. The Morgan fingerprint density at radius 2 is 1.80 bits per heavy atom. The molecule has 0 saturated heterocycles. The number of alkyl halides is 2. The lowest BCUT2D eigenvalue weighted by molar-refractivity contribution is 0.151. The molecule has 1 aromatic carbocycles. The van der Waals surface area contributed by atoms with Crippen LogP contribution in [0.3, 0.4) is 0 Å². The van der Waals surface area contributed by atoms with E-state index in [-0.39, 0.29) is 18.7 Å². The van der Waals surface area contributed by atoms with Crippen molar-refractivity contribution in [3.05, 3.63) is 35.4 Å². The van der Waals surface area contributed by atoms with Crippen LogP contribution in [0.4, 0.5) is 8.78 Å². The first-order valence-corrected chi connectivity index (χ1v) is 7.10. The predicted octanol–water partition coefficient (Wildman–Crippen LogP) is 1.76. The Labute approximate surface area is 117 Å². The van der Waals surface area contributed by atoms with Gasteiger partial charge in [-0.1, -0.05) is 24.3 Å². The van der Waals surface area contributed by atoms with E-state index in [1.165, 1.54) is 38.4 Å². The molecule has 0 heterocycles. The molecule has 110 valence electrons. The van der Waals surface area contributed by atoms with Crippen LogP contribution in [0.2, 0.25) is 0 Å². The molecule has 0 atom stereocenters. The van der Waals surface area contributed by atoms with Gasteiger partial charge in [0.05, 0.1) is 6.07 Å². The van der Waals surface area contributed by atoms with Gasteiger partial charge in [0.25, 0.3) is 16.6 Å². The fraction of sp³-hybridized carbons (Fsp3) is 0.417. The van der Waals surface area contributed by atoms with Gasteiger partial charge in [-0.25, -0.2) is 8.78 Å². The SMILES string of the molecule is CN(C)S(=O)(=O)N(CC#N)Cc1ccc(C(F)F)cc1. The second-order valence-corrected chi connectivity index (χ2v) is 6.40. The lowest BCUT2D eigenvalue weighted by Crippen LogP contribution is -2.39. The zero-order valence-electron chi connectivity index (χ0n) is 11.1. The van der Waals surface area contributed by atoms with E-state index in [1.54, 1.807) is 6.07 Å². The summed E-state index contributed by atoms with van der Waals surface area (Å²) in [5.74, 6) is 0. The number of nitrogens with zero attached hydrogens (tertiary/aromatic N) is 3. The van der Waals surface area contributed by atoms with Gasteiger partial charge in [0, 0.05) is 26.2 Å². The number of hydrogen-bond acceptors (Lipinski definition) is 3. The molecule has 0 saturated carbocycles. The Morgan fingerprint density at radius 3 is 2.20 bits per heavy atom. The van der Waals surface area contributed by atoms with E-state index in [1.807, 2.05) is 0 Å². The fourth-order valence-corrected chi connectivity index (χ4v) is 2.50. The number of rotatable bonds is 6. The standard InChI is InChI=1S/C12H15F2N3O2S/c1-16(2)20(18,19)17(8-7-15)9-10-3-5-11(6-4-10)12(13)14/h3-6,12H,8-9H2,1-2H3. The van der Waals surface area contributed by atoms with Gasteiger partial charge in [0.1, 0.15) is 6.54 Å². The van der Waals surface area contributed by atoms with Gasteiger partial charge in [-0.3, -0.25) is 0 Å². The van der Waals surface area contributed by atoms with Crippen molar-refractivity contribution >= 4 is 10.2 Å². The van der Waals surface area contributed by atoms with Crippen LogP contribution in [-0.2, 0) is 16.8 Å². The van der Waals surface area contributed by atoms with E-state index in [0.717, 1.165) is 8.61 Å². The molecule has 0 aliphatic carbocycles. The Bertz CT molecular complexity index is 580. The van der Waals surface area contributed by atoms with Gasteiger partial charge < -0.3 is 0 Å². The minimum absolute atomic E-state index is 0.0441. The van der Waals surface area contributed by atoms with Crippen LogP contribution >= 0.6 is 0 Å². The van der Waals surface area contributed by atoms with Crippen molar-refractivity contribution in [1.82, 2.24) is 8.61 Å². The van der Waals surface area contributed by atoms with Crippen molar-refractivity contribution in [3.8, 4) is 6.07 Å². The molecule has 1 rings (SSSR count). The first-order chi connectivity index (χ1) is 9.28. The molecule has 0 fully saturated rings. The first kappa shape index (κ1) is 16.5. The monoisotopic (exact) mass is 303 g/mol. The molecule has 0 radical (unpaired) electrons. The van der Waals surface area contributed by atoms with Crippen LogP contribution in [0.15, 0.2) is 24.3 Å². The molecule has 1 aromatic rings. The molecule has 0 spiro atoms. The highest BCUT2D eigenvalue weighted by Crippen LogP contribution is 2.19. The van der Waals surface area contributed by atoms with Crippen LogP contribution < -0.4 is 0 Å². The summed E-state index contributed by atoms with van der Waals surface area (Å²) < 4.78 is 50.8. The quantitative estimate of drug-likeness (QED) is 0.752. The Hall–Kier alpha value is -1.56. The summed E-state index contributed by atoms with van der Waals surface area (Å²) in [6.45, 7) is -0.352. The number of benzene rings is 1. The van der Waals surface area contributed by atoms with Crippen molar-refractivity contribution in [2.24, 2.45) is 0 Å². The maximum atomic E-state index is 12.4. The molecule has 0 amide bonds. The molecule has 8 heteroatoms. The van der Waals surface area contributed by atoms with E-state index in [2.05, 4.69) is 0 Å². The van der Waals surface area contributed by atoms with E-state index in [9.17, 15) is 17.2 Å². The van der Waals surface area contributed by atoms with Gasteiger partial charge in [-0.05, 0) is 5.56 Å². The van der Waals surface area contributed by atoms with Gasteiger partial charge in [-0.15, -0.1) is 0 Å². The van der Waals surface area contributed by atoms with Crippen molar-refractivity contribution in [1.29, 1.82) is 5.26 Å². The lowest BCUT2D eigenvalue weighted by atomic mass is 10.1. The van der Waals surface area contributed by atoms with Gasteiger partial charge in [0.2, 0.25) is 0 Å². The predicted molar refractivity (Wildman–Crippen MR) is 70.0 cm³/mol. The Balaban J connectivity index is 2.95. The molecule has 0 aromatic heterocycles. The van der Waals surface area contributed by atoms with Crippen LogP contribution in [0.5, 0.6) is 0 Å². The fourth-order valence-electron chi connectivity index (χ4n) is 1.50. The summed E-state index contributed by atoms with van der Waals surface area (Å²) in [6.07, 6.45) is -2.57. The topological polar surface area (TPSA) is 64.4 Å². The summed E-state index contributed by atoms with van der Waals surface area (Å²) in [7, 11) is -1.01. The highest BCUT2D eigenvalue weighted by atomic mass is 32.2. The minimum atomic E-state index is -3.73. The number of hydrogen-bond donors (Lipinski definition) is 0. The summed E-state index contributed by atoms with van der Waals surface area (Å²) in [4.78, 5) is 0. The van der Waals surface area contributed by atoms with Gasteiger partial charge in [-0.2, -0.15) is 22.3 Å². The van der Waals surface area contributed by atoms with Gasteiger partial charge in [0.15, 0.2) is 0 Å². The summed E-state index contributed by atoms with van der Waals surface area (Å²) in [5, 5.41) is 8.70. The normalized spacial score (nSPS) is 12.1. The smallest absolute Gasteiger partial charge is 0.205 e. The van der Waals surface area contributed by atoms with Crippen LogP contribution in [0, 0.1) is 11.3 Å². The van der Waals surface area contributed by atoms with Crippen molar-refractivity contribution in [3.63, 3.8) is 0 Å². The van der Waals surface area contributed by atoms with Crippen LogP contribution in [0.1, 0.15) is 17.6 Å². The Kier molecular flexibility index (Phi) is 5.56. The van der Waals surface area contributed by atoms with Crippen molar-refractivity contribution in [2.45, 2.75) is 13.0 Å². The molecule has 0 N–H and O–H groups in total. The van der Waals surface area contributed by atoms with Gasteiger partial charge >= 0.3 is 0 Å². The van der Waals surface area contributed by atoms with E-state index in [0.29, 0.717) is 5.56 Å². The Morgan fingerprint density at radius 1 is 1.25 bits per heavy atom. The molecule has 5 nitrogen and oxygen atoms in total. The number of halogens is 2. The maximum Gasteiger partial charge on any atom is 0.282 e. The van der Waals surface area contributed by atoms with E-state index < -0.39 is 16.6 Å². The van der Waals surface area contributed by atoms with Crippen LogP contribution in [-0.4, -0.2) is 37.7 Å². The zero-order chi connectivity index (χ0) is 15.3. The summed E-state index contributed by atoms with van der Waals surface area (Å²) in [5.41, 5.74) is 0.408. The molecule has 0 unspecified atom stereocenters. The third kappa shape index (κ3) is 3.96. The second-order valence-electron chi connectivity index (χ2n) is 4.26. The number of nitriles is 1. The lowest BCUT2D eigenvalue weighted by Gasteiger charge is -2.23. The maximum absolute atomic E-state index is 12.4.